The summed E-state index contributed by atoms with van der Waals surface area (Å²) >= 11 is 0. The lowest BCUT2D eigenvalue weighted by Crippen LogP contribution is -2.69. The zero-order valence-electron chi connectivity index (χ0n) is 10.5. The molecule has 0 aliphatic carbocycles. The highest BCUT2D eigenvalue weighted by atomic mass is 15.6. The molecule has 0 radical (unpaired) electrons. The molecule has 3 heteroatoms. The maximum absolute atomic E-state index is 2.66. The molecule has 15 heavy (non-hydrogen) atoms. The van der Waals surface area contributed by atoms with E-state index in [1.165, 1.54) is 51.9 Å². The minimum absolute atomic E-state index is 0.165. The van der Waals surface area contributed by atoms with Gasteiger partial charge in [-0.3, -0.25) is 14.7 Å². The van der Waals surface area contributed by atoms with Gasteiger partial charge in [0.05, 0.1) is 0 Å². The largest absolute Gasteiger partial charge is 0.276 e. The molecule has 88 valence electrons. The molecular formula is C12H25N3. The van der Waals surface area contributed by atoms with Crippen molar-refractivity contribution in [2.24, 2.45) is 0 Å². The molecule has 2 rings (SSSR count). The summed E-state index contributed by atoms with van der Waals surface area (Å²) in [4.78, 5) is 7.69. The summed E-state index contributed by atoms with van der Waals surface area (Å²) in [6.07, 6.45) is 5.46. The standard InChI is InChI=1S/C12H25N3/c1-12(15-10-5-4-6-11-15)13(2)8-7-9-14(12)3/h4-11H2,1-3H3. The second-order valence-corrected chi connectivity index (χ2v) is 5.22. The van der Waals surface area contributed by atoms with Gasteiger partial charge in [-0.25, -0.2) is 0 Å². The smallest absolute Gasteiger partial charge is 0.127 e. The fourth-order valence-electron chi connectivity index (χ4n) is 3.06. The summed E-state index contributed by atoms with van der Waals surface area (Å²) in [5.41, 5.74) is 0. The van der Waals surface area contributed by atoms with Gasteiger partial charge >= 0.3 is 0 Å². The molecule has 0 atom stereocenters. The van der Waals surface area contributed by atoms with E-state index in [9.17, 15) is 0 Å². The zero-order chi connectivity index (χ0) is 10.9. The maximum Gasteiger partial charge on any atom is 0.127 e. The van der Waals surface area contributed by atoms with Crippen LogP contribution in [0.3, 0.4) is 0 Å². The highest BCUT2D eigenvalue weighted by Gasteiger charge is 2.41. The van der Waals surface area contributed by atoms with Crippen molar-refractivity contribution in [3.63, 3.8) is 0 Å². The van der Waals surface area contributed by atoms with Crippen molar-refractivity contribution in [1.82, 2.24) is 14.7 Å². The van der Waals surface area contributed by atoms with E-state index in [-0.39, 0.29) is 5.79 Å². The third-order valence-electron chi connectivity index (χ3n) is 4.39. The van der Waals surface area contributed by atoms with E-state index in [0.29, 0.717) is 0 Å². The van der Waals surface area contributed by atoms with Gasteiger partial charge in [0.25, 0.3) is 0 Å². The fourth-order valence-corrected chi connectivity index (χ4v) is 3.06. The zero-order valence-corrected chi connectivity index (χ0v) is 10.5. The Balaban J connectivity index is 2.12. The van der Waals surface area contributed by atoms with Gasteiger partial charge < -0.3 is 0 Å². The topological polar surface area (TPSA) is 9.72 Å². The molecule has 0 N–H and O–H groups in total. The first-order valence-corrected chi connectivity index (χ1v) is 6.33. The van der Waals surface area contributed by atoms with Crippen LogP contribution in [-0.4, -0.2) is 60.8 Å². The Labute approximate surface area is 94.0 Å². The lowest BCUT2D eigenvalue weighted by Gasteiger charge is -2.56. The number of nitrogens with zero attached hydrogens (tertiary/aromatic N) is 3. The second kappa shape index (κ2) is 4.40. The van der Waals surface area contributed by atoms with E-state index in [0.717, 1.165) is 0 Å². The molecule has 0 aromatic carbocycles. The fraction of sp³-hybridized carbons (Fsp3) is 1.00. The molecule has 2 aliphatic rings. The highest BCUT2D eigenvalue weighted by Crippen LogP contribution is 2.29. The number of likely N-dealkylation sites (tertiary alicyclic amines) is 1. The van der Waals surface area contributed by atoms with Gasteiger partial charge in [0.1, 0.15) is 5.79 Å². The van der Waals surface area contributed by atoms with Crippen LogP contribution in [0.15, 0.2) is 0 Å². The lowest BCUT2D eigenvalue weighted by atomic mass is 10.1. The van der Waals surface area contributed by atoms with E-state index in [1.807, 2.05) is 0 Å². The van der Waals surface area contributed by atoms with Gasteiger partial charge in [0.15, 0.2) is 0 Å². The van der Waals surface area contributed by atoms with Crippen LogP contribution in [-0.2, 0) is 0 Å². The minimum Gasteiger partial charge on any atom is -0.276 e. The molecule has 0 aromatic rings. The molecule has 3 nitrogen and oxygen atoms in total. The van der Waals surface area contributed by atoms with Gasteiger partial charge in [-0.05, 0) is 40.3 Å². The maximum atomic E-state index is 2.66. The number of rotatable bonds is 1. The van der Waals surface area contributed by atoms with E-state index in [4.69, 9.17) is 0 Å². The second-order valence-electron chi connectivity index (χ2n) is 5.22. The third-order valence-corrected chi connectivity index (χ3v) is 4.39. The molecular weight excluding hydrogens is 186 g/mol. The van der Waals surface area contributed by atoms with Crippen molar-refractivity contribution < 1.29 is 0 Å². The predicted molar refractivity (Wildman–Crippen MR) is 63.7 cm³/mol. The Morgan fingerprint density at radius 2 is 1.27 bits per heavy atom. The number of hydrogen-bond acceptors (Lipinski definition) is 3. The van der Waals surface area contributed by atoms with Crippen molar-refractivity contribution in [2.45, 2.75) is 38.4 Å². The van der Waals surface area contributed by atoms with Gasteiger partial charge in [-0.1, -0.05) is 6.42 Å². The lowest BCUT2D eigenvalue weighted by molar-refractivity contribution is -0.164. The van der Waals surface area contributed by atoms with E-state index < -0.39 is 0 Å². The first-order chi connectivity index (χ1) is 7.15. The molecule has 0 unspecified atom stereocenters. The van der Waals surface area contributed by atoms with Gasteiger partial charge in [0, 0.05) is 26.2 Å². The van der Waals surface area contributed by atoms with Crippen LogP contribution < -0.4 is 0 Å². The normalized spacial score (nSPS) is 30.6. The first kappa shape index (κ1) is 11.4. The van der Waals surface area contributed by atoms with E-state index >= 15 is 0 Å². The van der Waals surface area contributed by atoms with Gasteiger partial charge in [-0.2, -0.15) is 0 Å². The highest BCUT2D eigenvalue weighted by molar-refractivity contribution is 4.88. The van der Waals surface area contributed by atoms with Crippen molar-refractivity contribution >= 4 is 0 Å². The molecule has 0 bridgehead atoms. The van der Waals surface area contributed by atoms with Crippen molar-refractivity contribution in [1.29, 1.82) is 0 Å². The van der Waals surface area contributed by atoms with Gasteiger partial charge in [0.2, 0.25) is 0 Å². The number of hydrogen-bond donors (Lipinski definition) is 0. The van der Waals surface area contributed by atoms with Crippen LogP contribution in [0.1, 0.15) is 32.6 Å². The molecule has 2 heterocycles. The SMILES string of the molecule is CN1CCCN(C)C1(C)N1CCCCC1. The Hall–Kier alpha value is -0.120. The Morgan fingerprint density at radius 3 is 1.80 bits per heavy atom. The third kappa shape index (κ3) is 1.93. The monoisotopic (exact) mass is 211 g/mol. The van der Waals surface area contributed by atoms with Crippen molar-refractivity contribution in [3.8, 4) is 0 Å². The van der Waals surface area contributed by atoms with E-state index in [1.54, 1.807) is 0 Å². The summed E-state index contributed by atoms with van der Waals surface area (Å²) in [6, 6.07) is 0. The van der Waals surface area contributed by atoms with Gasteiger partial charge in [-0.15, -0.1) is 0 Å². The van der Waals surface area contributed by atoms with Crippen LogP contribution in [0, 0.1) is 0 Å². The Morgan fingerprint density at radius 1 is 0.733 bits per heavy atom. The summed E-state index contributed by atoms with van der Waals surface area (Å²) in [7, 11) is 4.54. The first-order valence-electron chi connectivity index (χ1n) is 6.33. The molecule has 0 amide bonds. The van der Waals surface area contributed by atoms with Crippen LogP contribution in [0.25, 0.3) is 0 Å². The van der Waals surface area contributed by atoms with Crippen LogP contribution in [0.2, 0.25) is 0 Å². The summed E-state index contributed by atoms with van der Waals surface area (Å²) < 4.78 is 0. The molecule has 2 fully saturated rings. The van der Waals surface area contributed by atoms with Crippen LogP contribution in [0.4, 0.5) is 0 Å². The molecule has 2 saturated heterocycles. The molecule has 2 aliphatic heterocycles. The predicted octanol–water partition coefficient (Wildman–Crippen LogP) is 1.41. The van der Waals surface area contributed by atoms with Crippen LogP contribution in [0.5, 0.6) is 0 Å². The van der Waals surface area contributed by atoms with Crippen molar-refractivity contribution in [2.75, 3.05) is 40.3 Å². The summed E-state index contributed by atoms with van der Waals surface area (Å²) in [5, 5.41) is 0. The molecule has 0 saturated carbocycles. The van der Waals surface area contributed by atoms with Crippen LogP contribution >= 0.6 is 0 Å². The van der Waals surface area contributed by atoms with E-state index in [2.05, 4.69) is 35.7 Å². The molecule has 0 aromatic heterocycles. The number of piperidine rings is 1. The summed E-state index contributed by atoms with van der Waals surface area (Å²) in [5.74, 6) is 0.165. The minimum atomic E-state index is 0.165. The average Bonchev–Trinajstić information content (AvgIpc) is 2.27. The van der Waals surface area contributed by atoms with Crippen molar-refractivity contribution in [3.05, 3.63) is 0 Å². The quantitative estimate of drug-likeness (QED) is 0.649. The summed E-state index contributed by atoms with van der Waals surface area (Å²) in [6.45, 7) is 7.39. The average molecular weight is 211 g/mol. The Kier molecular flexibility index (Phi) is 3.33. The molecule has 0 spiro atoms. The Bertz CT molecular complexity index is 201.